The Kier molecular flexibility index (Phi) is 1.82. The maximum Gasteiger partial charge on any atom is 0.417 e. The number of oxazole rings is 1. The summed E-state index contributed by atoms with van der Waals surface area (Å²) in [5.41, 5.74) is 6.97. The van der Waals surface area contributed by atoms with Gasteiger partial charge < -0.3 is 10.2 Å². The predicted molar refractivity (Wildman–Crippen MR) is 60.6 cm³/mol. The lowest BCUT2D eigenvalue weighted by molar-refractivity contribution is -0.116. The summed E-state index contributed by atoms with van der Waals surface area (Å²) in [5.74, 6) is -0.462. The summed E-state index contributed by atoms with van der Waals surface area (Å²) in [7, 11) is 0. The highest BCUT2D eigenvalue weighted by molar-refractivity contribution is 6.11. The highest BCUT2D eigenvalue weighted by atomic mass is 16.4. The van der Waals surface area contributed by atoms with Gasteiger partial charge in [-0.1, -0.05) is 0 Å². The second-order valence-electron chi connectivity index (χ2n) is 3.67. The molecular formula is C10H8N4O3. The number of nitrogens with two attached hydrogens (primary N) is 1. The van der Waals surface area contributed by atoms with Crippen molar-refractivity contribution in [2.75, 3.05) is 5.01 Å². The predicted octanol–water partition coefficient (Wildman–Crippen LogP) is 0.130. The third kappa shape index (κ3) is 1.48. The first-order valence-electron chi connectivity index (χ1n) is 4.92. The molecule has 0 unspecified atom stereocenters. The highest BCUT2D eigenvalue weighted by Crippen LogP contribution is 2.23. The number of amides is 1. The van der Waals surface area contributed by atoms with E-state index in [0.717, 1.165) is 0 Å². The summed E-state index contributed by atoms with van der Waals surface area (Å²) in [5, 5.41) is 5.12. The molecule has 2 aromatic rings. The van der Waals surface area contributed by atoms with Crippen molar-refractivity contribution in [2.45, 2.75) is 6.42 Å². The van der Waals surface area contributed by atoms with Crippen LogP contribution in [-0.4, -0.2) is 16.7 Å². The van der Waals surface area contributed by atoms with Crippen LogP contribution in [0.2, 0.25) is 0 Å². The molecule has 1 aliphatic rings. The van der Waals surface area contributed by atoms with Crippen molar-refractivity contribution in [3.63, 3.8) is 0 Å². The molecule has 0 bridgehead atoms. The van der Waals surface area contributed by atoms with Crippen LogP contribution in [0.5, 0.6) is 0 Å². The lowest BCUT2D eigenvalue weighted by Gasteiger charge is -2.10. The Balaban J connectivity index is 2.12. The molecule has 1 aromatic heterocycles. The van der Waals surface area contributed by atoms with Crippen LogP contribution >= 0.6 is 0 Å². The molecule has 7 nitrogen and oxygen atoms in total. The molecule has 7 heteroatoms. The maximum absolute atomic E-state index is 11.6. The van der Waals surface area contributed by atoms with Crippen LogP contribution in [0.3, 0.4) is 0 Å². The molecule has 0 fully saturated rings. The zero-order valence-corrected chi connectivity index (χ0v) is 8.64. The van der Waals surface area contributed by atoms with Crippen LogP contribution in [0.25, 0.3) is 11.1 Å². The standard InChI is InChI=1S/C10H8N4O3/c11-8-4-9(15)14(13-8)5-1-2-7-6(3-5)12-10(16)17-7/h1-3H,4H2,(H2,11,13)(H,12,16). The van der Waals surface area contributed by atoms with E-state index in [1.54, 1.807) is 18.2 Å². The Morgan fingerprint density at radius 1 is 1.41 bits per heavy atom. The van der Waals surface area contributed by atoms with Gasteiger partial charge in [-0.2, -0.15) is 10.1 Å². The molecule has 0 spiro atoms. The third-order valence-corrected chi connectivity index (χ3v) is 2.44. The van der Waals surface area contributed by atoms with Crippen LogP contribution in [0.4, 0.5) is 5.69 Å². The topological polar surface area (TPSA) is 105 Å². The zero-order chi connectivity index (χ0) is 12.0. The lowest BCUT2D eigenvalue weighted by atomic mass is 10.2. The number of carbonyl (C=O) groups excluding carboxylic acids is 1. The van der Waals surface area contributed by atoms with Gasteiger partial charge in [-0.15, -0.1) is 0 Å². The molecule has 1 amide bonds. The molecule has 86 valence electrons. The molecule has 17 heavy (non-hydrogen) atoms. The fourth-order valence-corrected chi connectivity index (χ4v) is 1.72. The van der Waals surface area contributed by atoms with E-state index >= 15 is 0 Å². The average Bonchev–Trinajstić information content (AvgIpc) is 2.78. The maximum atomic E-state index is 11.6. The van der Waals surface area contributed by atoms with E-state index in [1.807, 2.05) is 0 Å². The van der Waals surface area contributed by atoms with E-state index in [0.29, 0.717) is 16.8 Å². The zero-order valence-electron chi connectivity index (χ0n) is 8.64. The molecule has 1 aromatic carbocycles. The number of aromatic nitrogens is 1. The van der Waals surface area contributed by atoms with Gasteiger partial charge in [0.25, 0.3) is 5.91 Å². The lowest BCUT2D eigenvalue weighted by Crippen LogP contribution is -2.19. The van der Waals surface area contributed by atoms with Gasteiger partial charge in [0.1, 0.15) is 5.84 Å². The van der Waals surface area contributed by atoms with Crippen molar-refractivity contribution in [1.29, 1.82) is 0 Å². The Morgan fingerprint density at radius 2 is 2.24 bits per heavy atom. The largest absolute Gasteiger partial charge is 0.417 e. The van der Waals surface area contributed by atoms with Crippen LogP contribution in [-0.2, 0) is 4.79 Å². The quantitative estimate of drug-likeness (QED) is 0.728. The minimum atomic E-state index is -0.534. The molecule has 0 saturated heterocycles. The van der Waals surface area contributed by atoms with Crippen molar-refractivity contribution in [3.8, 4) is 0 Å². The van der Waals surface area contributed by atoms with Crippen LogP contribution in [0.15, 0.2) is 32.5 Å². The number of hydrogen-bond acceptors (Lipinski definition) is 5. The number of nitrogens with one attached hydrogen (secondary N) is 1. The fourth-order valence-electron chi connectivity index (χ4n) is 1.72. The normalized spacial score (nSPS) is 15.6. The number of anilines is 1. The summed E-state index contributed by atoms with van der Waals surface area (Å²) in [6, 6.07) is 4.85. The minimum absolute atomic E-state index is 0.111. The van der Waals surface area contributed by atoms with Crippen LogP contribution in [0, 0.1) is 0 Å². The first kappa shape index (κ1) is 9.64. The number of rotatable bonds is 1. The molecular weight excluding hydrogens is 224 g/mol. The number of hydrazone groups is 1. The SMILES string of the molecule is NC1=NN(c2ccc3oc(=O)[nH]c3c2)C(=O)C1. The molecule has 3 N–H and O–H groups in total. The summed E-state index contributed by atoms with van der Waals surface area (Å²) >= 11 is 0. The van der Waals surface area contributed by atoms with Crippen molar-refractivity contribution in [3.05, 3.63) is 28.7 Å². The van der Waals surface area contributed by atoms with Crippen molar-refractivity contribution in [1.82, 2.24) is 4.98 Å². The van der Waals surface area contributed by atoms with E-state index in [4.69, 9.17) is 10.2 Å². The van der Waals surface area contributed by atoms with Crippen LogP contribution in [0.1, 0.15) is 6.42 Å². The smallest absolute Gasteiger partial charge is 0.408 e. The van der Waals surface area contributed by atoms with Gasteiger partial charge in [-0.25, -0.2) is 4.79 Å². The monoisotopic (exact) mass is 232 g/mol. The van der Waals surface area contributed by atoms with Gasteiger partial charge in [0.2, 0.25) is 0 Å². The van der Waals surface area contributed by atoms with Gasteiger partial charge in [-0.05, 0) is 18.2 Å². The number of nitrogens with zero attached hydrogens (tertiary/aromatic N) is 2. The molecule has 0 atom stereocenters. The molecule has 1 aliphatic heterocycles. The molecule has 2 heterocycles. The van der Waals surface area contributed by atoms with Gasteiger partial charge in [0.05, 0.1) is 17.6 Å². The first-order valence-corrected chi connectivity index (χ1v) is 4.92. The second kappa shape index (κ2) is 3.21. The van der Waals surface area contributed by atoms with Gasteiger partial charge in [0, 0.05) is 0 Å². The Labute approximate surface area is 94.5 Å². The molecule has 0 saturated carbocycles. The summed E-state index contributed by atoms with van der Waals surface area (Å²) in [4.78, 5) is 25.1. The molecule has 0 radical (unpaired) electrons. The summed E-state index contributed by atoms with van der Waals surface area (Å²) in [6.45, 7) is 0. The average molecular weight is 232 g/mol. The Bertz CT molecular complexity index is 697. The Morgan fingerprint density at radius 3 is 2.94 bits per heavy atom. The molecule has 0 aliphatic carbocycles. The number of hydrogen-bond donors (Lipinski definition) is 2. The second-order valence-corrected chi connectivity index (χ2v) is 3.67. The third-order valence-electron chi connectivity index (χ3n) is 2.44. The molecule has 3 rings (SSSR count). The van der Waals surface area contributed by atoms with Crippen molar-refractivity contribution >= 4 is 28.5 Å². The van der Waals surface area contributed by atoms with E-state index in [9.17, 15) is 9.59 Å². The summed E-state index contributed by atoms with van der Waals surface area (Å²) < 4.78 is 4.86. The number of benzene rings is 1. The number of fused-ring (bicyclic) bond motifs is 1. The van der Waals surface area contributed by atoms with Crippen molar-refractivity contribution in [2.24, 2.45) is 10.8 Å². The van der Waals surface area contributed by atoms with Crippen LogP contribution < -0.4 is 16.5 Å². The van der Waals surface area contributed by atoms with Gasteiger partial charge >= 0.3 is 5.76 Å². The van der Waals surface area contributed by atoms with E-state index < -0.39 is 5.76 Å². The van der Waals surface area contributed by atoms with E-state index in [-0.39, 0.29) is 18.2 Å². The van der Waals surface area contributed by atoms with E-state index in [1.165, 1.54) is 5.01 Å². The van der Waals surface area contributed by atoms with Gasteiger partial charge in [-0.3, -0.25) is 9.78 Å². The highest BCUT2D eigenvalue weighted by Gasteiger charge is 2.23. The number of aromatic amines is 1. The summed E-state index contributed by atoms with van der Waals surface area (Å²) in [6.07, 6.45) is 0.111. The van der Waals surface area contributed by atoms with Crippen molar-refractivity contribution < 1.29 is 9.21 Å². The number of H-pyrrole nitrogens is 1. The van der Waals surface area contributed by atoms with Gasteiger partial charge in [0.15, 0.2) is 5.58 Å². The number of amidine groups is 1. The number of carbonyl (C=O) groups is 1. The first-order chi connectivity index (χ1) is 8.13. The Hall–Kier alpha value is -2.57. The fraction of sp³-hybridized carbons (Fsp3) is 0.100. The minimum Gasteiger partial charge on any atom is -0.408 e. The van der Waals surface area contributed by atoms with E-state index in [2.05, 4.69) is 10.1 Å².